The maximum atomic E-state index is 11.3. The summed E-state index contributed by atoms with van der Waals surface area (Å²) < 4.78 is 5.39. The summed E-state index contributed by atoms with van der Waals surface area (Å²) >= 11 is 0. The maximum Gasteiger partial charge on any atom is 0.331 e. The largest absolute Gasteiger partial charge is 0.478 e. The topological polar surface area (TPSA) is 83.8 Å². The number of aliphatic hydroxyl groups is 1. The lowest BCUT2D eigenvalue weighted by Crippen LogP contribution is -2.33. The van der Waals surface area contributed by atoms with E-state index in [0.717, 1.165) is 5.57 Å². The Balaban J connectivity index is 2.29. The van der Waals surface area contributed by atoms with Gasteiger partial charge >= 0.3 is 11.9 Å². The molecule has 2 saturated carbocycles. The number of carboxylic acids is 1. The molecule has 5 heteroatoms. The third kappa shape index (κ3) is 3.09. The molecule has 0 aromatic rings. The number of ether oxygens (including phenoxy) is 1. The Morgan fingerprint density at radius 3 is 2.59 bits per heavy atom. The quantitative estimate of drug-likeness (QED) is 0.475. The lowest BCUT2D eigenvalue weighted by atomic mass is 9.78. The number of esters is 1. The summed E-state index contributed by atoms with van der Waals surface area (Å²) in [7, 11) is 0. The first-order valence-electron chi connectivity index (χ1n) is 7.63. The molecule has 0 aromatic carbocycles. The molecule has 0 aromatic heterocycles. The fraction of sp³-hybridized carbons (Fsp3) is 0.647. The van der Waals surface area contributed by atoms with Crippen molar-refractivity contribution in [1.29, 1.82) is 0 Å². The molecule has 0 radical (unpaired) electrons. The van der Waals surface area contributed by atoms with Crippen molar-refractivity contribution < 1.29 is 24.5 Å². The smallest absolute Gasteiger partial charge is 0.331 e. The fourth-order valence-corrected chi connectivity index (χ4v) is 4.05. The summed E-state index contributed by atoms with van der Waals surface area (Å²) in [4.78, 5) is 22.5. The highest BCUT2D eigenvalue weighted by molar-refractivity contribution is 5.86. The number of carboxylic acid groups (broad SMARTS) is 1. The zero-order valence-electron chi connectivity index (χ0n) is 13.2. The monoisotopic (exact) mass is 308 g/mol. The van der Waals surface area contributed by atoms with Gasteiger partial charge in [0.15, 0.2) is 0 Å². The first-order chi connectivity index (χ1) is 10.1. The van der Waals surface area contributed by atoms with Gasteiger partial charge in [0.1, 0.15) is 6.10 Å². The average molecular weight is 308 g/mol. The highest BCUT2D eigenvalue weighted by atomic mass is 16.5. The molecule has 0 amide bonds. The minimum atomic E-state index is -1.00. The van der Waals surface area contributed by atoms with Crippen molar-refractivity contribution in [1.82, 2.24) is 0 Å². The van der Waals surface area contributed by atoms with Crippen LogP contribution in [0, 0.1) is 17.8 Å². The van der Waals surface area contributed by atoms with Crippen molar-refractivity contribution >= 4 is 11.9 Å². The molecule has 0 saturated heterocycles. The first-order valence-corrected chi connectivity index (χ1v) is 7.63. The zero-order chi connectivity index (χ0) is 16.7. The summed E-state index contributed by atoms with van der Waals surface area (Å²) in [5.74, 6) is -1.85. The van der Waals surface area contributed by atoms with Crippen LogP contribution in [0.25, 0.3) is 0 Å². The van der Waals surface area contributed by atoms with Gasteiger partial charge in [-0.15, -0.1) is 0 Å². The van der Waals surface area contributed by atoms with Gasteiger partial charge in [0.25, 0.3) is 0 Å². The number of carbonyl (C=O) groups is 2. The Bertz CT molecular complexity index is 519. The van der Waals surface area contributed by atoms with Crippen LogP contribution in [0.15, 0.2) is 24.3 Å². The van der Waals surface area contributed by atoms with Crippen molar-refractivity contribution in [2.75, 3.05) is 0 Å². The van der Waals surface area contributed by atoms with Crippen LogP contribution in [0.1, 0.15) is 39.5 Å². The summed E-state index contributed by atoms with van der Waals surface area (Å²) in [6.45, 7) is 10.9. The third-order valence-electron chi connectivity index (χ3n) is 5.16. The average Bonchev–Trinajstić information content (AvgIpc) is 2.54. The number of hydrogen-bond acceptors (Lipinski definition) is 4. The summed E-state index contributed by atoms with van der Waals surface area (Å²) in [5, 5.41) is 19.9. The van der Waals surface area contributed by atoms with Crippen molar-refractivity contribution in [3.8, 4) is 0 Å². The van der Waals surface area contributed by atoms with Gasteiger partial charge in [-0.05, 0) is 38.0 Å². The van der Waals surface area contributed by atoms with Gasteiger partial charge in [0.05, 0.1) is 5.60 Å². The van der Waals surface area contributed by atoms with Crippen LogP contribution in [0.3, 0.4) is 0 Å². The molecule has 122 valence electrons. The van der Waals surface area contributed by atoms with E-state index in [1.165, 1.54) is 6.92 Å². The lowest BCUT2D eigenvalue weighted by molar-refractivity contribution is -0.148. The zero-order valence-corrected chi connectivity index (χ0v) is 13.2. The second-order valence-electron chi connectivity index (χ2n) is 6.80. The van der Waals surface area contributed by atoms with E-state index in [9.17, 15) is 19.8 Å². The molecule has 5 atom stereocenters. The van der Waals surface area contributed by atoms with E-state index >= 15 is 0 Å². The van der Waals surface area contributed by atoms with Crippen molar-refractivity contribution in [2.24, 2.45) is 17.8 Å². The second-order valence-corrected chi connectivity index (χ2v) is 6.80. The Kier molecular flexibility index (Phi) is 4.47. The van der Waals surface area contributed by atoms with E-state index in [1.54, 1.807) is 6.92 Å². The second kappa shape index (κ2) is 5.88. The number of hydrogen-bond donors (Lipinski definition) is 2. The molecular weight excluding hydrogens is 284 g/mol. The van der Waals surface area contributed by atoms with E-state index in [2.05, 4.69) is 13.2 Å². The molecule has 0 bridgehead atoms. The molecule has 0 unspecified atom stereocenters. The minimum absolute atomic E-state index is 0.120. The summed E-state index contributed by atoms with van der Waals surface area (Å²) in [6.07, 6.45) is 1.81. The van der Waals surface area contributed by atoms with Crippen LogP contribution < -0.4 is 0 Å². The molecule has 5 nitrogen and oxygen atoms in total. The van der Waals surface area contributed by atoms with E-state index in [0.29, 0.717) is 25.7 Å². The Hall–Kier alpha value is -1.62. The molecule has 2 aliphatic carbocycles. The van der Waals surface area contributed by atoms with E-state index in [-0.39, 0.29) is 35.4 Å². The van der Waals surface area contributed by atoms with Gasteiger partial charge in [-0.1, -0.05) is 18.7 Å². The SMILES string of the molecule is C=C(C(=O)O)[C@H]1CCC(=C)[C@@H]2[C@H](OC(C)=O)C[C@](C)(O)[C@H]2C1. The number of rotatable bonds is 3. The standard InChI is InChI=1S/C17H24O5/c1-9-5-6-12(10(2)16(19)20)7-13-15(9)14(22-11(3)18)8-17(13,4)21/h12-15,21H,1-2,5-8H2,3-4H3,(H,19,20)/t12-,13-,14+,15-,17-/m0/s1. The van der Waals surface area contributed by atoms with Crippen molar-refractivity contribution in [3.05, 3.63) is 24.3 Å². The van der Waals surface area contributed by atoms with Gasteiger partial charge in [-0.25, -0.2) is 4.79 Å². The molecule has 2 aliphatic rings. The Labute approximate surface area is 130 Å². The molecule has 2 rings (SSSR count). The molecular formula is C17H24O5. The van der Waals surface area contributed by atoms with E-state index in [4.69, 9.17) is 4.74 Å². The molecule has 0 heterocycles. The van der Waals surface area contributed by atoms with Gasteiger partial charge in [-0.3, -0.25) is 4.79 Å². The highest BCUT2D eigenvalue weighted by Gasteiger charge is 2.53. The van der Waals surface area contributed by atoms with Gasteiger partial charge in [0, 0.05) is 24.8 Å². The van der Waals surface area contributed by atoms with Crippen LogP contribution in [0.4, 0.5) is 0 Å². The number of carbonyl (C=O) groups excluding carboxylic acids is 1. The minimum Gasteiger partial charge on any atom is -0.478 e. The molecule has 0 aliphatic heterocycles. The predicted molar refractivity (Wildman–Crippen MR) is 81.0 cm³/mol. The van der Waals surface area contributed by atoms with Crippen LogP contribution in [-0.2, 0) is 14.3 Å². The number of fused-ring (bicyclic) bond motifs is 1. The summed E-state index contributed by atoms with van der Waals surface area (Å²) in [6, 6.07) is 0. The van der Waals surface area contributed by atoms with Crippen molar-refractivity contribution in [3.63, 3.8) is 0 Å². The number of aliphatic carboxylic acids is 1. The normalized spacial score (nSPS) is 38.0. The van der Waals surface area contributed by atoms with Crippen molar-refractivity contribution in [2.45, 2.75) is 51.2 Å². The third-order valence-corrected chi connectivity index (χ3v) is 5.16. The van der Waals surface area contributed by atoms with Crippen LogP contribution >= 0.6 is 0 Å². The Morgan fingerprint density at radius 2 is 2.05 bits per heavy atom. The highest BCUT2D eigenvalue weighted by Crippen LogP contribution is 2.52. The molecule has 22 heavy (non-hydrogen) atoms. The fourth-order valence-electron chi connectivity index (χ4n) is 4.05. The molecule has 2 N–H and O–H groups in total. The van der Waals surface area contributed by atoms with E-state index in [1.807, 2.05) is 0 Å². The molecule has 2 fully saturated rings. The lowest BCUT2D eigenvalue weighted by Gasteiger charge is -2.30. The van der Waals surface area contributed by atoms with Crippen LogP contribution in [-0.4, -0.2) is 33.9 Å². The maximum absolute atomic E-state index is 11.3. The van der Waals surface area contributed by atoms with Crippen LogP contribution in [0.2, 0.25) is 0 Å². The first kappa shape index (κ1) is 16.7. The Morgan fingerprint density at radius 1 is 1.41 bits per heavy atom. The van der Waals surface area contributed by atoms with E-state index < -0.39 is 11.6 Å². The summed E-state index contributed by atoms with van der Waals surface area (Å²) in [5.41, 5.74) is 0.102. The van der Waals surface area contributed by atoms with Gasteiger partial charge < -0.3 is 14.9 Å². The predicted octanol–water partition coefficient (Wildman–Crippen LogP) is 2.30. The molecule has 0 spiro atoms. The van der Waals surface area contributed by atoms with Gasteiger partial charge in [0.2, 0.25) is 0 Å². The van der Waals surface area contributed by atoms with Crippen LogP contribution in [0.5, 0.6) is 0 Å². The van der Waals surface area contributed by atoms with Gasteiger partial charge in [-0.2, -0.15) is 0 Å².